The van der Waals surface area contributed by atoms with E-state index in [0.717, 1.165) is 0 Å². The lowest BCUT2D eigenvalue weighted by Gasteiger charge is -2.26. The molecule has 21 heavy (non-hydrogen) atoms. The fraction of sp³-hybridized carbons (Fsp3) is 0.429. The third-order valence-corrected chi connectivity index (χ3v) is 3.85. The van der Waals surface area contributed by atoms with Crippen LogP contribution in [0.1, 0.15) is 18.9 Å². The number of carboxylic acids is 1. The summed E-state index contributed by atoms with van der Waals surface area (Å²) in [4.78, 5) is 25.2. The van der Waals surface area contributed by atoms with Crippen LogP contribution in [-0.4, -0.2) is 35.9 Å². The lowest BCUT2D eigenvalue weighted by molar-refractivity contribution is -0.140. The van der Waals surface area contributed by atoms with Crippen LogP contribution in [0, 0.1) is 0 Å². The van der Waals surface area contributed by atoms with Gasteiger partial charge in [-0.05, 0) is 6.42 Å². The van der Waals surface area contributed by atoms with Crippen molar-refractivity contribution >= 4 is 17.6 Å². The predicted octanol–water partition coefficient (Wildman–Crippen LogP) is 0.495. The minimum absolute atomic E-state index is 0.0919. The molecule has 0 radical (unpaired) electrons. The molecule has 0 unspecified atom stereocenters. The lowest BCUT2D eigenvalue weighted by atomic mass is 10.1. The number of benzene rings is 1. The summed E-state index contributed by atoms with van der Waals surface area (Å²) in [5, 5.41) is 9.40. The highest BCUT2D eigenvalue weighted by atomic mass is 16.7. The first-order chi connectivity index (χ1) is 10.0. The highest BCUT2D eigenvalue weighted by Gasteiger charge is 2.42. The molecule has 2 atom stereocenters. The maximum Gasteiger partial charge on any atom is 0.327 e. The van der Waals surface area contributed by atoms with E-state index in [0.29, 0.717) is 29.2 Å². The van der Waals surface area contributed by atoms with Crippen LogP contribution in [0.15, 0.2) is 12.1 Å². The summed E-state index contributed by atoms with van der Waals surface area (Å²) in [6.45, 7) is 1.88. The van der Waals surface area contributed by atoms with Crippen molar-refractivity contribution in [2.45, 2.75) is 31.8 Å². The van der Waals surface area contributed by atoms with Crippen LogP contribution in [0.2, 0.25) is 0 Å². The Labute approximate surface area is 121 Å². The van der Waals surface area contributed by atoms with Crippen LogP contribution < -0.4 is 20.1 Å². The minimum Gasteiger partial charge on any atom is -0.480 e. The van der Waals surface area contributed by atoms with Crippen molar-refractivity contribution in [1.29, 1.82) is 0 Å². The van der Waals surface area contributed by atoms with Gasteiger partial charge in [0.05, 0.1) is 11.7 Å². The van der Waals surface area contributed by atoms with Gasteiger partial charge in [-0.15, -0.1) is 0 Å². The topological polar surface area (TPSA) is 102 Å². The first-order valence-corrected chi connectivity index (χ1v) is 6.77. The van der Waals surface area contributed by atoms with Crippen molar-refractivity contribution in [1.82, 2.24) is 0 Å². The van der Waals surface area contributed by atoms with Crippen molar-refractivity contribution in [3.63, 3.8) is 0 Å². The van der Waals surface area contributed by atoms with Crippen molar-refractivity contribution in [2.24, 2.45) is 5.73 Å². The molecule has 7 nitrogen and oxygen atoms in total. The molecule has 112 valence electrons. The zero-order valence-electron chi connectivity index (χ0n) is 11.5. The minimum atomic E-state index is -1.06. The number of ether oxygens (including phenoxy) is 2. The summed E-state index contributed by atoms with van der Waals surface area (Å²) >= 11 is 0. The van der Waals surface area contributed by atoms with E-state index in [1.807, 2.05) is 0 Å². The number of anilines is 1. The number of fused-ring (bicyclic) bond motifs is 4. The maximum atomic E-state index is 12.4. The van der Waals surface area contributed by atoms with Gasteiger partial charge in [-0.2, -0.15) is 0 Å². The van der Waals surface area contributed by atoms with Crippen molar-refractivity contribution in [3.05, 3.63) is 17.7 Å². The van der Waals surface area contributed by atoms with E-state index in [-0.39, 0.29) is 13.2 Å². The highest BCUT2D eigenvalue weighted by Crippen LogP contribution is 2.43. The summed E-state index contributed by atoms with van der Waals surface area (Å²) in [5.41, 5.74) is 7.02. The number of carboxylic acid groups (broad SMARTS) is 1. The second-order valence-electron chi connectivity index (χ2n) is 5.11. The number of nitrogens with two attached hydrogens (primary N) is 1. The van der Waals surface area contributed by atoms with Gasteiger partial charge in [0.2, 0.25) is 12.7 Å². The Bertz CT molecular complexity index is 616. The molecule has 0 aromatic heterocycles. The lowest BCUT2D eigenvalue weighted by Crippen LogP contribution is -2.50. The smallest absolute Gasteiger partial charge is 0.327 e. The van der Waals surface area contributed by atoms with Gasteiger partial charge in [0.15, 0.2) is 0 Å². The molecule has 3 N–H and O–H groups in total. The number of nitrogens with zero attached hydrogens (tertiary/aromatic N) is 1. The van der Waals surface area contributed by atoms with E-state index in [1.165, 1.54) is 4.90 Å². The molecule has 2 heterocycles. The molecule has 7 heteroatoms. The fourth-order valence-corrected chi connectivity index (χ4v) is 2.68. The van der Waals surface area contributed by atoms with Gasteiger partial charge in [0.25, 0.3) is 0 Å². The van der Waals surface area contributed by atoms with E-state index in [9.17, 15) is 14.7 Å². The Kier molecular flexibility index (Phi) is 3.21. The molecule has 2 bridgehead atoms. The van der Waals surface area contributed by atoms with Gasteiger partial charge in [-0.1, -0.05) is 6.92 Å². The summed E-state index contributed by atoms with van der Waals surface area (Å²) in [5.74, 6) is -0.327. The molecule has 0 spiro atoms. The third kappa shape index (κ3) is 2.09. The number of aliphatic carboxylic acids is 1. The molecule has 0 fully saturated rings. The Hall–Kier alpha value is -2.28. The second-order valence-corrected chi connectivity index (χ2v) is 5.11. The number of carbonyl (C=O) groups excluding carboxylic acids is 1. The Morgan fingerprint density at radius 1 is 1.48 bits per heavy atom. The highest BCUT2D eigenvalue weighted by molar-refractivity contribution is 6.05. The third-order valence-electron chi connectivity index (χ3n) is 3.85. The van der Waals surface area contributed by atoms with Crippen LogP contribution in [0.5, 0.6) is 11.5 Å². The van der Waals surface area contributed by atoms with E-state index in [1.54, 1.807) is 19.1 Å². The van der Waals surface area contributed by atoms with Gasteiger partial charge in [0.1, 0.15) is 17.5 Å². The molecule has 0 saturated heterocycles. The summed E-state index contributed by atoms with van der Waals surface area (Å²) in [7, 11) is 0. The maximum absolute atomic E-state index is 12.4. The molecule has 1 aromatic rings. The molecule has 0 saturated carbocycles. The van der Waals surface area contributed by atoms with Crippen LogP contribution in [0.4, 0.5) is 5.69 Å². The van der Waals surface area contributed by atoms with Crippen molar-refractivity contribution < 1.29 is 24.2 Å². The molecule has 2 aliphatic heterocycles. The van der Waals surface area contributed by atoms with Gasteiger partial charge >= 0.3 is 5.97 Å². The first-order valence-electron chi connectivity index (χ1n) is 6.77. The van der Waals surface area contributed by atoms with Crippen molar-refractivity contribution in [2.75, 3.05) is 11.7 Å². The van der Waals surface area contributed by atoms with Crippen LogP contribution in [0.25, 0.3) is 0 Å². The Balaban J connectivity index is 2.08. The number of rotatable bonds is 3. The average Bonchev–Trinajstić information content (AvgIpc) is 2.85. The molecule has 1 aromatic carbocycles. The number of hydrogen-bond donors (Lipinski definition) is 2. The van der Waals surface area contributed by atoms with E-state index in [2.05, 4.69) is 0 Å². The van der Waals surface area contributed by atoms with E-state index < -0.39 is 24.0 Å². The molecular weight excluding hydrogens is 276 g/mol. The normalized spacial score (nSPS) is 20.3. The first kappa shape index (κ1) is 13.7. The summed E-state index contributed by atoms with van der Waals surface area (Å²) in [6.07, 6.45) is 0.652. The van der Waals surface area contributed by atoms with Crippen LogP contribution in [0.3, 0.4) is 0 Å². The van der Waals surface area contributed by atoms with Gasteiger partial charge < -0.3 is 20.3 Å². The van der Waals surface area contributed by atoms with Gasteiger partial charge in [0, 0.05) is 24.1 Å². The molecule has 2 aliphatic rings. The van der Waals surface area contributed by atoms with Crippen LogP contribution >= 0.6 is 0 Å². The number of hydrogen-bond acceptors (Lipinski definition) is 5. The fourth-order valence-electron chi connectivity index (χ4n) is 2.68. The van der Waals surface area contributed by atoms with E-state index >= 15 is 0 Å². The number of amides is 1. The second kappa shape index (κ2) is 4.92. The van der Waals surface area contributed by atoms with E-state index in [4.69, 9.17) is 15.2 Å². The molecule has 1 amide bonds. The Morgan fingerprint density at radius 2 is 2.24 bits per heavy atom. The molecular formula is C14H16N2O5. The zero-order valence-corrected chi connectivity index (χ0v) is 11.5. The standard InChI is InChI=1S/C14H16N2O5/c1-2-9(15)13(17)16-10-3-7-4-12(21-6-20-7)8(10)5-11(16)14(18)19/h3-4,9,11H,2,5-6,15H2,1H3,(H,18,19)/t9-,11+/m0/s1. The van der Waals surface area contributed by atoms with Gasteiger partial charge in [-0.25, -0.2) is 4.79 Å². The summed E-state index contributed by atoms with van der Waals surface area (Å²) < 4.78 is 10.7. The zero-order chi connectivity index (χ0) is 15.1. The number of carbonyl (C=O) groups is 2. The van der Waals surface area contributed by atoms with Gasteiger partial charge in [-0.3, -0.25) is 9.69 Å². The largest absolute Gasteiger partial charge is 0.480 e. The SMILES string of the molecule is CC[C@H](N)C(=O)N1c2cc3cc(c2C[C@@H]1C(=O)O)OCO3. The monoisotopic (exact) mass is 292 g/mol. The van der Waals surface area contributed by atoms with Crippen LogP contribution in [-0.2, 0) is 16.0 Å². The van der Waals surface area contributed by atoms with Crippen molar-refractivity contribution in [3.8, 4) is 11.5 Å². The predicted molar refractivity (Wildman–Crippen MR) is 73.4 cm³/mol. The Morgan fingerprint density at radius 3 is 2.90 bits per heavy atom. The molecule has 3 rings (SSSR count). The quantitative estimate of drug-likeness (QED) is 0.841. The molecule has 0 aliphatic carbocycles. The summed E-state index contributed by atoms with van der Waals surface area (Å²) in [6, 6.07) is 1.69. The average molecular weight is 292 g/mol.